The van der Waals surface area contributed by atoms with Gasteiger partial charge >= 0.3 is 0 Å². The van der Waals surface area contributed by atoms with Gasteiger partial charge in [0.15, 0.2) is 5.82 Å². The molecule has 18 aromatic rings. The quantitative estimate of drug-likeness (QED) is 0.152. The van der Waals surface area contributed by atoms with Gasteiger partial charge < -0.3 is 4.57 Å². The Bertz CT molecular complexity index is 6050. The summed E-state index contributed by atoms with van der Waals surface area (Å²) in [7, 11) is 0. The molecular weight excluding hydrogens is 1180 g/mol. The maximum Gasteiger partial charge on any atom is 0.160 e. The summed E-state index contributed by atoms with van der Waals surface area (Å²) in [6, 6.07) is 119. The Morgan fingerprint density at radius 3 is 1.45 bits per heavy atom. The van der Waals surface area contributed by atoms with Crippen LogP contribution in [0.25, 0.3) is 169 Å². The Kier molecular flexibility index (Phi) is 11.7. The van der Waals surface area contributed by atoms with Gasteiger partial charge in [-0.15, -0.1) is 22.7 Å². The van der Waals surface area contributed by atoms with Crippen LogP contribution in [0.3, 0.4) is 0 Å². The molecule has 4 heterocycles. The third kappa shape index (κ3) is 7.96. The number of thiophene rings is 2. The van der Waals surface area contributed by atoms with E-state index in [-0.39, 0.29) is 0 Å². The summed E-state index contributed by atoms with van der Waals surface area (Å²) in [6.45, 7) is 0. The van der Waals surface area contributed by atoms with Gasteiger partial charge in [-0.05, 0) is 185 Å². The van der Waals surface area contributed by atoms with Crippen molar-refractivity contribution in [1.82, 2.24) is 14.5 Å². The highest BCUT2D eigenvalue weighted by atomic mass is 32.1. The monoisotopic (exact) mass is 1230 g/mol. The highest BCUT2D eigenvalue weighted by Crippen LogP contribution is 2.63. The summed E-state index contributed by atoms with van der Waals surface area (Å²) < 4.78 is 7.30. The van der Waals surface area contributed by atoms with E-state index in [1.54, 1.807) is 11.3 Å². The minimum Gasteiger partial charge on any atom is -0.309 e. The fourth-order valence-electron chi connectivity index (χ4n) is 15.9. The Hall–Kier alpha value is -11.6. The van der Waals surface area contributed by atoms with E-state index in [0.29, 0.717) is 5.82 Å². The molecule has 3 nitrogen and oxygen atoms in total. The molecule has 0 saturated heterocycles. The number of fused-ring (bicyclic) bond motifs is 19. The Balaban J connectivity index is 0.787. The molecule has 0 aliphatic heterocycles. The second-order valence-electron chi connectivity index (χ2n) is 25.1. The summed E-state index contributed by atoms with van der Waals surface area (Å²) in [5, 5.41) is 6.00. The second-order valence-corrected chi connectivity index (χ2v) is 27.2. The van der Waals surface area contributed by atoms with Gasteiger partial charge in [0.1, 0.15) is 0 Å². The molecule has 0 amide bonds. The van der Waals surface area contributed by atoms with E-state index in [2.05, 4.69) is 326 Å². The van der Waals surface area contributed by atoms with Crippen LogP contribution in [0.2, 0.25) is 0 Å². The van der Waals surface area contributed by atoms with Gasteiger partial charge in [-0.3, -0.25) is 0 Å². The van der Waals surface area contributed by atoms with Gasteiger partial charge in [0.2, 0.25) is 0 Å². The second kappa shape index (κ2) is 20.7. The van der Waals surface area contributed by atoms with Crippen molar-refractivity contribution in [3.8, 4) is 106 Å². The van der Waals surface area contributed by atoms with Crippen LogP contribution in [-0.4, -0.2) is 14.5 Å². The molecule has 5 heteroatoms. The van der Waals surface area contributed by atoms with Gasteiger partial charge in [-0.1, -0.05) is 237 Å². The van der Waals surface area contributed by atoms with E-state index in [1.807, 2.05) is 11.3 Å². The Labute approximate surface area is 551 Å². The summed E-state index contributed by atoms with van der Waals surface area (Å²) in [4.78, 5) is 11.4. The summed E-state index contributed by atoms with van der Waals surface area (Å²) in [5.74, 6) is 0.686. The lowest BCUT2D eigenvalue weighted by molar-refractivity contribution is 0.792. The van der Waals surface area contributed by atoms with Crippen LogP contribution in [0, 0.1) is 0 Å². The number of nitrogens with zero attached hydrogens (tertiary/aromatic N) is 3. The standard InChI is InChI=1S/C89H53N3S2/c1-4-20-54(21-5-1)57-38-43-79-73(50-57)84-66(32-19-36-80(84)92(79)65-41-42-70-69-30-12-16-35-77(69)89(78(70)53-65)75-33-14-10-28-67(75)68-29-11-15-34-76(68)89)59-26-18-27-61(46-59)88-90-85(60-40-45-82-72(52-60)71-31-13-17-37-81(71)93-82)87-86(91-88)74-51-58(39-44-83(74)94-87)64-48-62(55-22-6-2-7-23-55)47-63(49-64)56-24-8-3-9-25-56/h1-53H. The highest BCUT2D eigenvalue weighted by Gasteiger charge is 2.51. The van der Waals surface area contributed by atoms with Crippen molar-refractivity contribution in [3.63, 3.8) is 0 Å². The van der Waals surface area contributed by atoms with E-state index >= 15 is 0 Å². The molecule has 0 saturated carbocycles. The van der Waals surface area contributed by atoms with Crippen LogP contribution >= 0.6 is 22.7 Å². The first-order valence-corrected chi connectivity index (χ1v) is 33.8. The predicted molar refractivity (Wildman–Crippen MR) is 396 cm³/mol. The number of aromatic nitrogens is 3. The molecule has 20 rings (SSSR count). The molecule has 0 unspecified atom stereocenters. The van der Waals surface area contributed by atoms with E-state index < -0.39 is 5.41 Å². The highest BCUT2D eigenvalue weighted by molar-refractivity contribution is 7.26. The van der Waals surface area contributed by atoms with Gasteiger partial charge in [0, 0.05) is 57.8 Å². The maximum absolute atomic E-state index is 5.72. The Morgan fingerprint density at radius 2 is 0.755 bits per heavy atom. The van der Waals surface area contributed by atoms with Gasteiger partial charge in [-0.2, -0.15) is 0 Å². The molecule has 4 aromatic heterocycles. The van der Waals surface area contributed by atoms with Crippen LogP contribution in [0.5, 0.6) is 0 Å². The predicted octanol–water partition coefficient (Wildman–Crippen LogP) is 24.3. The normalized spacial score (nSPS) is 12.8. The molecular formula is C89H53N3S2. The molecule has 0 fully saturated rings. The largest absolute Gasteiger partial charge is 0.309 e. The summed E-state index contributed by atoms with van der Waals surface area (Å²) in [6.07, 6.45) is 0. The molecule has 0 atom stereocenters. The van der Waals surface area contributed by atoms with E-state index in [0.717, 1.165) is 71.4 Å². The van der Waals surface area contributed by atoms with Crippen molar-refractivity contribution in [2.45, 2.75) is 5.41 Å². The van der Waals surface area contributed by atoms with Crippen LogP contribution in [0.15, 0.2) is 322 Å². The minimum absolute atomic E-state index is 0.478. The van der Waals surface area contributed by atoms with Crippen molar-refractivity contribution < 1.29 is 0 Å². The number of benzene rings is 14. The third-order valence-electron chi connectivity index (χ3n) is 20.0. The van der Waals surface area contributed by atoms with Gasteiger partial charge in [-0.25, -0.2) is 9.97 Å². The average Bonchev–Trinajstić information content (AvgIpc) is 1.51. The first kappa shape index (κ1) is 53.1. The fraction of sp³-hybridized carbons (Fsp3) is 0.0112. The molecule has 0 radical (unpaired) electrons. The lowest BCUT2D eigenvalue weighted by atomic mass is 9.70. The van der Waals surface area contributed by atoms with Gasteiger partial charge in [0.05, 0.1) is 32.4 Å². The topological polar surface area (TPSA) is 30.7 Å². The zero-order valence-electron chi connectivity index (χ0n) is 50.8. The molecule has 2 aliphatic carbocycles. The lowest BCUT2D eigenvalue weighted by Gasteiger charge is -2.30. The van der Waals surface area contributed by atoms with Crippen molar-refractivity contribution in [3.05, 3.63) is 344 Å². The van der Waals surface area contributed by atoms with Crippen molar-refractivity contribution in [2.75, 3.05) is 0 Å². The van der Waals surface area contributed by atoms with Crippen molar-refractivity contribution in [1.29, 1.82) is 0 Å². The van der Waals surface area contributed by atoms with Crippen molar-refractivity contribution in [2.24, 2.45) is 0 Å². The van der Waals surface area contributed by atoms with Crippen LogP contribution < -0.4 is 0 Å². The van der Waals surface area contributed by atoms with Crippen molar-refractivity contribution >= 4 is 85.0 Å². The van der Waals surface area contributed by atoms with Crippen LogP contribution in [0.1, 0.15) is 22.3 Å². The smallest absolute Gasteiger partial charge is 0.160 e. The Morgan fingerprint density at radius 1 is 0.266 bits per heavy atom. The molecule has 94 heavy (non-hydrogen) atoms. The minimum atomic E-state index is -0.478. The third-order valence-corrected chi connectivity index (χ3v) is 22.3. The zero-order valence-corrected chi connectivity index (χ0v) is 52.4. The lowest BCUT2D eigenvalue weighted by Crippen LogP contribution is -2.26. The van der Waals surface area contributed by atoms with Crippen LogP contribution in [-0.2, 0) is 5.41 Å². The fourth-order valence-corrected chi connectivity index (χ4v) is 18.1. The molecule has 0 N–H and O–H groups in total. The number of hydrogen-bond donors (Lipinski definition) is 0. The molecule has 1 spiro atoms. The summed E-state index contributed by atoms with van der Waals surface area (Å²) >= 11 is 3.62. The van der Waals surface area contributed by atoms with E-state index in [1.165, 1.54) is 114 Å². The molecule has 2 aliphatic rings. The molecule has 436 valence electrons. The van der Waals surface area contributed by atoms with E-state index in [4.69, 9.17) is 9.97 Å². The summed E-state index contributed by atoms with van der Waals surface area (Å²) in [5.41, 5.74) is 29.0. The zero-order chi connectivity index (χ0) is 61.6. The number of hydrogen-bond acceptors (Lipinski definition) is 4. The molecule has 0 bridgehead atoms. The maximum atomic E-state index is 5.72. The average molecular weight is 1230 g/mol. The first-order chi connectivity index (χ1) is 46.6. The first-order valence-electron chi connectivity index (χ1n) is 32.2. The SMILES string of the molecule is c1ccc(-c2cc(-c3ccccc3)cc(-c3ccc4sc5c(-c6ccc7sc8ccccc8c7c6)nc(-c6cccc(-c7cccc8c7c7cc(-c9ccccc9)ccc7n8-c7ccc8c(c7)C7(c9ccccc9-c9ccccc97)c7ccccc7-8)c6)nc5c4c3)c2)cc1. The van der Waals surface area contributed by atoms with Crippen LogP contribution in [0.4, 0.5) is 0 Å². The molecule has 14 aromatic carbocycles. The van der Waals surface area contributed by atoms with Gasteiger partial charge in [0.25, 0.3) is 0 Å². The number of rotatable bonds is 8. The van der Waals surface area contributed by atoms with E-state index in [9.17, 15) is 0 Å².